The summed E-state index contributed by atoms with van der Waals surface area (Å²) < 4.78 is 43.1. The van der Waals surface area contributed by atoms with Crippen LogP contribution < -0.4 is 0 Å². The molecule has 0 bridgehead atoms. The molecule has 4 rings (SSSR count). The Balaban J connectivity index is 1.60. The number of hydrogen-bond donors (Lipinski definition) is 0. The molecule has 0 aliphatic carbocycles. The maximum Gasteiger partial charge on any atom is 0.221 e. The molecule has 3 aromatic carbocycles. The van der Waals surface area contributed by atoms with Gasteiger partial charge in [-0.2, -0.15) is 9.57 Å². The van der Waals surface area contributed by atoms with Crippen molar-refractivity contribution in [2.24, 2.45) is 0 Å². The van der Waals surface area contributed by atoms with Crippen molar-refractivity contribution in [3.63, 3.8) is 0 Å². The van der Waals surface area contributed by atoms with E-state index in [1.807, 2.05) is 37.3 Å². The predicted molar refractivity (Wildman–Crippen MR) is 119 cm³/mol. The molecular formula is C25H23FN2O2S. The van der Waals surface area contributed by atoms with Gasteiger partial charge in [0, 0.05) is 18.2 Å². The van der Waals surface area contributed by atoms with E-state index in [4.69, 9.17) is 5.26 Å². The average molecular weight is 435 g/mol. The summed E-state index contributed by atoms with van der Waals surface area (Å²) in [6.07, 6.45) is 1.29. The van der Waals surface area contributed by atoms with E-state index >= 15 is 0 Å². The molecule has 1 aliphatic rings. The highest BCUT2D eigenvalue weighted by atomic mass is 32.2. The van der Waals surface area contributed by atoms with Crippen molar-refractivity contribution in [3.8, 4) is 17.2 Å². The lowest BCUT2D eigenvalue weighted by molar-refractivity contribution is 0.279. The highest BCUT2D eigenvalue weighted by Gasteiger charge is 2.40. The summed E-state index contributed by atoms with van der Waals surface area (Å²) in [5.41, 5.74) is 3.14. The smallest absolute Gasteiger partial charge is 0.212 e. The summed E-state index contributed by atoms with van der Waals surface area (Å²) in [7, 11) is -3.62. The minimum absolute atomic E-state index is 0.00627. The zero-order valence-corrected chi connectivity index (χ0v) is 18.0. The van der Waals surface area contributed by atoms with Gasteiger partial charge in [0.25, 0.3) is 0 Å². The van der Waals surface area contributed by atoms with Crippen LogP contribution in [-0.2, 0) is 16.6 Å². The Morgan fingerprint density at radius 2 is 1.68 bits per heavy atom. The van der Waals surface area contributed by atoms with Gasteiger partial charge in [-0.25, -0.2) is 12.8 Å². The first-order valence-electron chi connectivity index (χ1n) is 10.2. The zero-order valence-electron chi connectivity index (χ0n) is 17.2. The van der Waals surface area contributed by atoms with Crippen molar-refractivity contribution in [3.05, 3.63) is 95.3 Å². The largest absolute Gasteiger partial charge is 0.221 e. The molecule has 0 radical (unpaired) electrons. The molecular weight excluding hydrogens is 411 g/mol. The van der Waals surface area contributed by atoms with Crippen LogP contribution in [0.2, 0.25) is 0 Å². The van der Waals surface area contributed by atoms with E-state index in [1.165, 1.54) is 10.4 Å². The number of halogens is 1. The second kappa shape index (κ2) is 8.62. The highest BCUT2D eigenvalue weighted by molar-refractivity contribution is 7.89. The lowest BCUT2D eigenvalue weighted by Gasteiger charge is -2.37. The Hall–Kier alpha value is -3.01. The Labute approximate surface area is 182 Å². The molecule has 3 aromatic rings. The first-order chi connectivity index (χ1) is 14.9. The Morgan fingerprint density at radius 1 is 1.00 bits per heavy atom. The number of sulfonamides is 1. The summed E-state index contributed by atoms with van der Waals surface area (Å²) in [5, 5.41) is 8.32. The molecule has 0 saturated carbocycles. The quantitative estimate of drug-likeness (QED) is 0.551. The molecule has 0 amide bonds. The molecule has 0 aromatic heterocycles. The molecule has 1 fully saturated rings. The third kappa shape index (κ3) is 4.25. The second-order valence-electron chi connectivity index (χ2n) is 7.91. The SMILES string of the molecule is C[C@H]1CCC(c2ccccc2)S(=O)(=O)N1Cc1ccc(-c2ccc(C#N)cc2)cc1F. The standard InChI is InChI=1S/C25H23FN2O2S/c1-18-7-14-25(21-5-3-2-4-6-21)31(29,30)28(18)17-23-13-12-22(15-24(23)26)20-10-8-19(16-27)9-11-20/h2-6,8-13,15,18,25H,7,14,17H2,1H3/t18-,25?/m0/s1. The topological polar surface area (TPSA) is 61.2 Å². The molecule has 4 nitrogen and oxygen atoms in total. The first-order valence-corrected chi connectivity index (χ1v) is 11.7. The number of benzene rings is 3. The number of rotatable bonds is 4. The van der Waals surface area contributed by atoms with Crippen LogP contribution >= 0.6 is 0 Å². The van der Waals surface area contributed by atoms with Crippen LogP contribution in [0.15, 0.2) is 72.8 Å². The molecule has 1 unspecified atom stereocenters. The maximum atomic E-state index is 15.0. The van der Waals surface area contributed by atoms with Gasteiger partial charge < -0.3 is 0 Å². The third-order valence-electron chi connectivity index (χ3n) is 5.92. The van der Waals surface area contributed by atoms with Crippen molar-refractivity contribution in [1.82, 2.24) is 4.31 Å². The van der Waals surface area contributed by atoms with E-state index in [2.05, 4.69) is 6.07 Å². The summed E-state index contributed by atoms with van der Waals surface area (Å²) >= 11 is 0. The molecule has 31 heavy (non-hydrogen) atoms. The highest BCUT2D eigenvalue weighted by Crippen LogP contribution is 2.38. The minimum Gasteiger partial charge on any atom is -0.212 e. The van der Waals surface area contributed by atoms with Gasteiger partial charge in [-0.15, -0.1) is 0 Å². The Bertz CT molecular complexity index is 1220. The second-order valence-corrected chi connectivity index (χ2v) is 9.98. The molecule has 2 atom stereocenters. The molecule has 0 spiro atoms. The fourth-order valence-electron chi connectivity index (χ4n) is 4.11. The minimum atomic E-state index is -3.62. The van der Waals surface area contributed by atoms with Gasteiger partial charge in [0.15, 0.2) is 0 Å². The van der Waals surface area contributed by atoms with Gasteiger partial charge in [-0.1, -0.05) is 54.6 Å². The van der Waals surface area contributed by atoms with Crippen LogP contribution in [-0.4, -0.2) is 18.8 Å². The fraction of sp³-hybridized carbons (Fsp3) is 0.240. The molecule has 1 saturated heterocycles. The van der Waals surface area contributed by atoms with Crippen LogP contribution in [0, 0.1) is 17.1 Å². The van der Waals surface area contributed by atoms with E-state index in [0.29, 0.717) is 23.1 Å². The lowest BCUT2D eigenvalue weighted by Crippen LogP contribution is -2.44. The normalized spacial score (nSPS) is 20.8. The molecule has 1 heterocycles. The van der Waals surface area contributed by atoms with Crippen LogP contribution in [0.1, 0.15) is 41.7 Å². The van der Waals surface area contributed by atoms with Crippen LogP contribution in [0.25, 0.3) is 11.1 Å². The summed E-state index contributed by atoms with van der Waals surface area (Å²) in [4.78, 5) is 0. The van der Waals surface area contributed by atoms with Gasteiger partial charge in [-0.3, -0.25) is 0 Å². The van der Waals surface area contributed by atoms with Gasteiger partial charge in [0.2, 0.25) is 10.0 Å². The predicted octanol–water partition coefficient (Wildman–Crippen LogP) is 5.42. The number of nitrogens with zero attached hydrogens (tertiary/aromatic N) is 2. The van der Waals surface area contributed by atoms with E-state index in [9.17, 15) is 12.8 Å². The summed E-state index contributed by atoms with van der Waals surface area (Å²) in [6, 6.07) is 22.9. The van der Waals surface area contributed by atoms with Gasteiger partial charge in [-0.05, 0) is 54.7 Å². The molecule has 6 heteroatoms. The van der Waals surface area contributed by atoms with Gasteiger partial charge in [0.1, 0.15) is 11.1 Å². The van der Waals surface area contributed by atoms with E-state index in [1.54, 1.807) is 36.4 Å². The van der Waals surface area contributed by atoms with Gasteiger partial charge in [0.05, 0.1) is 11.6 Å². The Kier molecular flexibility index (Phi) is 5.90. The van der Waals surface area contributed by atoms with E-state index in [0.717, 1.165) is 17.5 Å². The van der Waals surface area contributed by atoms with Crippen LogP contribution in [0.4, 0.5) is 4.39 Å². The van der Waals surface area contributed by atoms with E-state index in [-0.39, 0.29) is 12.6 Å². The van der Waals surface area contributed by atoms with Crippen molar-refractivity contribution in [1.29, 1.82) is 5.26 Å². The molecule has 158 valence electrons. The maximum absolute atomic E-state index is 15.0. The lowest BCUT2D eigenvalue weighted by atomic mass is 10.0. The van der Waals surface area contributed by atoms with Crippen molar-refractivity contribution in [2.45, 2.75) is 37.6 Å². The van der Waals surface area contributed by atoms with E-state index < -0.39 is 21.1 Å². The monoisotopic (exact) mass is 434 g/mol. The summed E-state index contributed by atoms with van der Waals surface area (Å²) in [6.45, 7) is 1.88. The molecule has 0 N–H and O–H groups in total. The van der Waals surface area contributed by atoms with Crippen LogP contribution in [0.3, 0.4) is 0 Å². The summed E-state index contributed by atoms with van der Waals surface area (Å²) in [5.74, 6) is -0.439. The fourth-order valence-corrected chi connectivity index (χ4v) is 6.30. The van der Waals surface area contributed by atoms with Gasteiger partial charge >= 0.3 is 0 Å². The van der Waals surface area contributed by atoms with Crippen LogP contribution in [0.5, 0.6) is 0 Å². The van der Waals surface area contributed by atoms with Crippen molar-refractivity contribution < 1.29 is 12.8 Å². The Morgan fingerprint density at radius 3 is 2.32 bits per heavy atom. The van der Waals surface area contributed by atoms with Crippen molar-refractivity contribution in [2.75, 3.05) is 0 Å². The molecule has 1 aliphatic heterocycles. The third-order valence-corrected chi connectivity index (χ3v) is 8.29. The number of hydrogen-bond acceptors (Lipinski definition) is 3. The average Bonchev–Trinajstić information content (AvgIpc) is 2.78. The zero-order chi connectivity index (χ0) is 22.0. The number of nitriles is 1. The first kappa shape index (κ1) is 21.2. The van der Waals surface area contributed by atoms with Crippen molar-refractivity contribution >= 4 is 10.0 Å².